The van der Waals surface area contributed by atoms with Crippen LogP contribution < -0.4 is 10.6 Å². The molecule has 2 amide bonds. The van der Waals surface area contributed by atoms with Crippen molar-refractivity contribution in [3.8, 4) is 0 Å². The maximum atomic E-state index is 12.8. The highest BCUT2D eigenvalue weighted by atomic mass is 35.5. The molecule has 35 heavy (non-hydrogen) atoms. The number of ether oxygens (including phenoxy) is 1. The fraction of sp³-hybridized carbons (Fsp3) is 0.429. The third-order valence-corrected chi connectivity index (χ3v) is 7.56. The summed E-state index contributed by atoms with van der Waals surface area (Å²) >= 11 is 5.94. The molecule has 5 rings (SSSR count). The first-order chi connectivity index (χ1) is 17.0. The molecular weight excluding hydrogens is 462 g/mol. The van der Waals surface area contributed by atoms with Gasteiger partial charge in [0.1, 0.15) is 6.10 Å². The van der Waals surface area contributed by atoms with E-state index >= 15 is 0 Å². The smallest absolute Gasteiger partial charge is 0.286 e. The zero-order valence-electron chi connectivity index (χ0n) is 19.8. The van der Waals surface area contributed by atoms with Crippen molar-refractivity contribution in [2.75, 3.05) is 19.6 Å². The first kappa shape index (κ1) is 23.9. The molecule has 1 aliphatic carbocycles. The van der Waals surface area contributed by atoms with E-state index in [0.29, 0.717) is 23.7 Å². The summed E-state index contributed by atoms with van der Waals surface area (Å²) in [6.07, 6.45) is 5.79. The maximum absolute atomic E-state index is 12.8. The predicted molar refractivity (Wildman–Crippen MR) is 137 cm³/mol. The highest BCUT2D eigenvalue weighted by Crippen LogP contribution is 2.31. The Bertz CT molecular complexity index is 1100. The van der Waals surface area contributed by atoms with Gasteiger partial charge in [0, 0.05) is 37.1 Å². The van der Waals surface area contributed by atoms with Crippen molar-refractivity contribution >= 4 is 29.5 Å². The van der Waals surface area contributed by atoms with Crippen molar-refractivity contribution in [3.05, 3.63) is 76.0 Å². The largest absolute Gasteiger partial charge is 0.483 e. The first-order valence-corrected chi connectivity index (χ1v) is 12.9. The number of carbonyl (C=O) groups excluding carboxylic acids is 2. The zero-order chi connectivity index (χ0) is 24.2. The van der Waals surface area contributed by atoms with Crippen molar-refractivity contribution in [2.24, 2.45) is 5.92 Å². The van der Waals surface area contributed by atoms with Gasteiger partial charge in [-0.3, -0.25) is 14.5 Å². The molecule has 2 heterocycles. The molecule has 2 aliphatic heterocycles. The monoisotopic (exact) mass is 493 g/mol. The number of nitrogens with one attached hydrogen (secondary N) is 2. The molecule has 184 valence electrons. The Labute approximate surface area is 211 Å². The normalized spacial score (nSPS) is 25.2. The van der Waals surface area contributed by atoms with E-state index in [1.54, 1.807) is 18.2 Å². The van der Waals surface area contributed by atoms with Crippen LogP contribution in [0.4, 0.5) is 0 Å². The summed E-state index contributed by atoms with van der Waals surface area (Å²) in [7, 11) is 0. The van der Waals surface area contributed by atoms with E-state index in [1.165, 1.54) is 11.1 Å². The van der Waals surface area contributed by atoms with Crippen LogP contribution in [0.5, 0.6) is 0 Å². The van der Waals surface area contributed by atoms with Crippen molar-refractivity contribution in [1.29, 1.82) is 0 Å². The maximum Gasteiger partial charge on any atom is 0.286 e. The fourth-order valence-corrected chi connectivity index (χ4v) is 5.47. The van der Waals surface area contributed by atoms with Crippen LogP contribution in [0, 0.1) is 5.92 Å². The van der Waals surface area contributed by atoms with Gasteiger partial charge in [-0.1, -0.05) is 48.0 Å². The topological polar surface area (TPSA) is 70.7 Å². The van der Waals surface area contributed by atoms with E-state index in [-0.39, 0.29) is 29.9 Å². The number of amides is 2. The van der Waals surface area contributed by atoms with E-state index in [0.717, 1.165) is 50.9 Å². The van der Waals surface area contributed by atoms with Crippen molar-refractivity contribution in [3.63, 3.8) is 0 Å². The van der Waals surface area contributed by atoms with Crippen LogP contribution in [0.25, 0.3) is 6.08 Å². The first-order valence-electron chi connectivity index (χ1n) is 12.6. The number of rotatable bonds is 6. The highest BCUT2D eigenvalue weighted by molar-refractivity contribution is 6.30. The van der Waals surface area contributed by atoms with Gasteiger partial charge < -0.3 is 15.4 Å². The molecule has 3 unspecified atom stereocenters. The average molecular weight is 494 g/mol. The molecule has 3 atom stereocenters. The third-order valence-electron chi connectivity index (χ3n) is 7.30. The summed E-state index contributed by atoms with van der Waals surface area (Å²) in [4.78, 5) is 27.9. The molecule has 1 saturated carbocycles. The van der Waals surface area contributed by atoms with E-state index in [1.807, 2.05) is 12.1 Å². The minimum Gasteiger partial charge on any atom is -0.483 e. The molecule has 2 N–H and O–H groups in total. The molecule has 0 aromatic heterocycles. The van der Waals surface area contributed by atoms with Crippen LogP contribution in [0.15, 0.2) is 54.3 Å². The van der Waals surface area contributed by atoms with E-state index in [9.17, 15) is 9.59 Å². The van der Waals surface area contributed by atoms with E-state index in [2.05, 4.69) is 39.8 Å². The van der Waals surface area contributed by atoms with Crippen LogP contribution in [-0.2, 0) is 27.3 Å². The van der Waals surface area contributed by atoms with Gasteiger partial charge >= 0.3 is 0 Å². The number of fused-ring (bicyclic) bond motifs is 2. The summed E-state index contributed by atoms with van der Waals surface area (Å²) in [5, 5.41) is 6.83. The van der Waals surface area contributed by atoms with Gasteiger partial charge in [-0.25, -0.2) is 0 Å². The molecule has 2 aromatic carbocycles. The SMILES string of the molecule is O=C1NC2CC(C(=O)NCCCN3CCc4ccccc4C3)CCC2O/C1=C\c1ccc(Cl)cc1. The second kappa shape index (κ2) is 10.8. The number of benzene rings is 2. The van der Waals surface area contributed by atoms with Crippen molar-refractivity contribution in [1.82, 2.24) is 15.5 Å². The minimum absolute atomic E-state index is 0.0872. The Morgan fingerprint density at radius 3 is 2.77 bits per heavy atom. The lowest BCUT2D eigenvalue weighted by Gasteiger charge is -2.39. The summed E-state index contributed by atoms with van der Waals surface area (Å²) < 4.78 is 6.03. The van der Waals surface area contributed by atoms with Gasteiger partial charge in [-0.2, -0.15) is 0 Å². The number of hydrogen-bond donors (Lipinski definition) is 2. The molecule has 0 radical (unpaired) electrons. The van der Waals surface area contributed by atoms with Gasteiger partial charge in [-0.05, 0) is 67.0 Å². The van der Waals surface area contributed by atoms with Gasteiger partial charge in [0.2, 0.25) is 5.91 Å². The van der Waals surface area contributed by atoms with Gasteiger partial charge in [0.05, 0.1) is 6.04 Å². The Kier molecular flexibility index (Phi) is 7.40. The lowest BCUT2D eigenvalue weighted by Crippen LogP contribution is -2.54. The van der Waals surface area contributed by atoms with Gasteiger partial charge in [0.25, 0.3) is 5.91 Å². The average Bonchev–Trinajstić information content (AvgIpc) is 2.88. The number of nitrogens with zero attached hydrogens (tertiary/aromatic N) is 1. The number of halogens is 1. The van der Waals surface area contributed by atoms with Gasteiger partial charge in [-0.15, -0.1) is 0 Å². The second-order valence-corrected chi connectivity index (χ2v) is 10.2. The summed E-state index contributed by atoms with van der Waals surface area (Å²) in [5.74, 6) is 0.0789. The number of morpholine rings is 1. The molecule has 6 nitrogen and oxygen atoms in total. The van der Waals surface area contributed by atoms with Gasteiger partial charge in [0.15, 0.2) is 5.76 Å². The standard InChI is InChI=1S/C28H32ClN3O3/c29-23-9-6-19(7-10-23)16-26-28(34)31-24-17-21(8-11-25(24)35-26)27(33)30-13-3-14-32-15-12-20-4-1-2-5-22(20)18-32/h1-2,4-7,9-10,16,21,24-25H,3,8,11-15,17-18H2,(H,30,33)(H,31,34)/b26-16-. The lowest BCUT2D eigenvalue weighted by molar-refractivity contribution is -0.134. The zero-order valence-corrected chi connectivity index (χ0v) is 20.6. The molecule has 2 fully saturated rings. The van der Waals surface area contributed by atoms with E-state index in [4.69, 9.17) is 16.3 Å². The van der Waals surface area contributed by atoms with Crippen LogP contribution >= 0.6 is 11.6 Å². The molecule has 1 saturated heterocycles. The Balaban J connectivity index is 1.06. The van der Waals surface area contributed by atoms with Crippen LogP contribution in [0.3, 0.4) is 0 Å². The number of hydrogen-bond acceptors (Lipinski definition) is 4. The predicted octanol–water partition coefficient (Wildman–Crippen LogP) is 3.93. The second-order valence-electron chi connectivity index (χ2n) is 9.75. The van der Waals surface area contributed by atoms with Crippen molar-refractivity contribution in [2.45, 2.75) is 50.8 Å². The molecule has 0 spiro atoms. The molecule has 0 bridgehead atoms. The summed E-state index contributed by atoms with van der Waals surface area (Å²) in [5.41, 5.74) is 3.74. The molecule has 2 aromatic rings. The quantitative estimate of drug-likeness (QED) is 0.472. The van der Waals surface area contributed by atoms with Crippen LogP contribution in [0.1, 0.15) is 42.4 Å². The molecular formula is C28H32ClN3O3. The fourth-order valence-electron chi connectivity index (χ4n) is 5.34. The lowest BCUT2D eigenvalue weighted by atomic mass is 9.82. The Morgan fingerprint density at radius 1 is 1.14 bits per heavy atom. The highest BCUT2D eigenvalue weighted by Gasteiger charge is 2.40. The molecule has 3 aliphatic rings. The van der Waals surface area contributed by atoms with E-state index < -0.39 is 0 Å². The summed E-state index contributed by atoms with van der Waals surface area (Å²) in [6, 6.07) is 15.8. The Morgan fingerprint density at radius 2 is 1.94 bits per heavy atom. The minimum atomic E-state index is -0.231. The van der Waals surface area contributed by atoms with Crippen molar-refractivity contribution < 1.29 is 14.3 Å². The Hall–Kier alpha value is -2.83. The third kappa shape index (κ3) is 5.88. The number of carbonyl (C=O) groups is 2. The summed E-state index contributed by atoms with van der Waals surface area (Å²) in [6.45, 7) is 3.73. The van der Waals surface area contributed by atoms with Crippen LogP contribution in [0.2, 0.25) is 5.02 Å². The molecule has 7 heteroatoms. The van der Waals surface area contributed by atoms with Crippen LogP contribution in [-0.4, -0.2) is 48.5 Å².